The molecule has 0 spiro atoms. The monoisotopic (exact) mass is 335 g/mol. The lowest BCUT2D eigenvalue weighted by molar-refractivity contribution is 0.411. The molecule has 0 aliphatic rings. The molecular weight excluding hydrogens is 318 g/mol. The average molecular weight is 336 g/mol. The van der Waals surface area contributed by atoms with Gasteiger partial charge in [-0.15, -0.1) is 0 Å². The fraction of sp³-hybridized carbons (Fsp3) is 0.250. The lowest BCUT2D eigenvalue weighted by atomic mass is 10.1. The molecular formula is C16H18BrNO2. The first-order chi connectivity index (χ1) is 9.65. The number of nitrogens with one attached hydrogen (secondary N) is 1. The molecule has 1 unspecified atom stereocenters. The second-order valence-corrected chi connectivity index (χ2v) is 5.30. The van der Waals surface area contributed by atoms with E-state index in [0.717, 1.165) is 27.3 Å². The van der Waals surface area contributed by atoms with Gasteiger partial charge in [-0.2, -0.15) is 0 Å². The Morgan fingerprint density at radius 3 is 2.50 bits per heavy atom. The number of hydrogen-bond donors (Lipinski definition) is 1. The van der Waals surface area contributed by atoms with Crippen LogP contribution < -0.4 is 14.8 Å². The molecule has 0 radical (unpaired) electrons. The summed E-state index contributed by atoms with van der Waals surface area (Å²) < 4.78 is 12.1. The highest BCUT2D eigenvalue weighted by Crippen LogP contribution is 2.35. The van der Waals surface area contributed by atoms with Crippen molar-refractivity contribution < 1.29 is 9.47 Å². The minimum Gasteiger partial charge on any atom is -0.497 e. The summed E-state index contributed by atoms with van der Waals surface area (Å²) in [5.74, 6) is 2.41. The molecule has 1 atom stereocenters. The molecule has 0 aliphatic carbocycles. The number of ether oxygens (including phenoxy) is 2. The van der Waals surface area contributed by atoms with Crippen LogP contribution in [0.4, 0.5) is 0 Å². The molecule has 3 nitrogen and oxygen atoms in total. The Balaban J connectivity index is 2.30. The van der Waals surface area contributed by atoms with Gasteiger partial charge in [0.1, 0.15) is 17.2 Å². The van der Waals surface area contributed by atoms with E-state index in [4.69, 9.17) is 9.47 Å². The molecule has 0 heterocycles. The number of para-hydroxylation sites is 1. The van der Waals surface area contributed by atoms with Crippen molar-refractivity contribution in [2.45, 2.75) is 13.0 Å². The van der Waals surface area contributed by atoms with Crippen molar-refractivity contribution in [1.82, 2.24) is 5.32 Å². The van der Waals surface area contributed by atoms with E-state index in [1.54, 1.807) is 7.11 Å². The predicted octanol–water partition coefficient (Wildman–Crippen LogP) is 4.53. The van der Waals surface area contributed by atoms with Gasteiger partial charge in [0.25, 0.3) is 0 Å². The van der Waals surface area contributed by atoms with E-state index in [0.29, 0.717) is 0 Å². The zero-order valence-corrected chi connectivity index (χ0v) is 13.4. The van der Waals surface area contributed by atoms with E-state index in [-0.39, 0.29) is 6.04 Å². The normalized spacial score (nSPS) is 12.0. The highest BCUT2D eigenvalue weighted by Gasteiger charge is 2.11. The summed E-state index contributed by atoms with van der Waals surface area (Å²) in [4.78, 5) is 0. The molecule has 0 saturated carbocycles. The van der Waals surface area contributed by atoms with E-state index in [9.17, 15) is 0 Å². The van der Waals surface area contributed by atoms with Crippen molar-refractivity contribution in [1.29, 1.82) is 0 Å². The summed E-state index contributed by atoms with van der Waals surface area (Å²) in [6.45, 7) is 2.10. The summed E-state index contributed by atoms with van der Waals surface area (Å²) in [5.41, 5.74) is 1.12. The molecule has 0 bridgehead atoms. The van der Waals surface area contributed by atoms with E-state index >= 15 is 0 Å². The number of halogens is 1. The van der Waals surface area contributed by atoms with Crippen LogP contribution in [0.3, 0.4) is 0 Å². The summed E-state index contributed by atoms with van der Waals surface area (Å²) in [6.07, 6.45) is 0. The average Bonchev–Trinajstić information content (AvgIpc) is 2.49. The Labute approximate surface area is 128 Å². The fourth-order valence-electron chi connectivity index (χ4n) is 1.90. The van der Waals surface area contributed by atoms with E-state index < -0.39 is 0 Å². The molecule has 0 aliphatic heterocycles. The van der Waals surface area contributed by atoms with Crippen LogP contribution in [0.25, 0.3) is 0 Å². The zero-order chi connectivity index (χ0) is 14.5. The Kier molecular flexibility index (Phi) is 5.04. The van der Waals surface area contributed by atoms with Gasteiger partial charge >= 0.3 is 0 Å². The Morgan fingerprint density at radius 2 is 1.85 bits per heavy atom. The van der Waals surface area contributed by atoms with Gasteiger partial charge in [0.2, 0.25) is 0 Å². The molecule has 2 aromatic carbocycles. The summed E-state index contributed by atoms with van der Waals surface area (Å²) in [7, 11) is 3.58. The maximum atomic E-state index is 6.02. The quantitative estimate of drug-likeness (QED) is 0.870. The van der Waals surface area contributed by atoms with Crippen LogP contribution in [0.1, 0.15) is 18.5 Å². The SMILES string of the molecule is CNC(C)c1ccccc1Oc1ccc(OC)cc1Br. The lowest BCUT2D eigenvalue weighted by Crippen LogP contribution is -2.13. The van der Waals surface area contributed by atoms with E-state index in [1.807, 2.05) is 43.4 Å². The largest absolute Gasteiger partial charge is 0.497 e. The molecule has 0 aromatic heterocycles. The Bertz CT molecular complexity index is 586. The minimum absolute atomic E-state index is 0.225. The third-order valence-electron chi connectivity index (χ3n) is 3.18. The van der Waals surface area contributed by atoms with Crippen LogP contribution in [0.5, 0.6) is 17.2 Å². The van der Waals surface area contributed by atoms with Crippen molar-refractivity contribution >= 4 is 15.9 Å². The lowest BCUT2D eigenvalue weighted by Gasteiger charge is -2.17. The standard InChI is InChI=1S/C16H18BrNO2/c1-11(18-2)13-6-4-5-7-15(13)20-16-9-8-12(19-3)10-14(16)17/h4-11,18H,1-3H3. The summed E-state index contributed by atoms with van der Waals surface area (Å²) >= 11 is 3.50. The van der Waals surface area contributed by atoms with Crippen LogP contribution in [-0.2, 0) is 0 Å². The smallest absolute Gasteiger partial charge is 0.141 e. The third-order valence-corrected chi connectivity index (χ3v) is 3.80. The number of rotatable bonds is 5. The van der Waals surface area contributed by atoms with Crippen molar-refractivity contribution in [3.8, 4) is 17.2 Å². The molecule has 106 valence electrons. The molecule has 1 N–H and O–H groups in total. The highest BCUT2D eigenvalue weighted by atomic mass is 79.9. The van der Waals surface area contributed by atoms with Crippen LogP contribution in [0.15, 0.2) is 46.9 Å². The predicted molar refractivity (Wildman–Crippen MR) is 84.7 cm³/mol. The summed E-state index contributed by atoms with van der Waals surface area (Å²) in [5, 5.41) is 3.23. The fourth-order valence-corrected chi connectivity index (χ4v) is 2.34. The van der Waals surface area contributed by atoms with Crippen molar-refractivity contribution in [3.05, 3.63) is 52.5 Å². The van der Waals surface area contributed by atoms with Crippen LogP contribution >= 0.6 is 15.9 Å². The van der Waals surface area contributed by atoms with Crippen molar-refractivity contribution in [3.63, 3.8) is 0 Å². The molecule has 20 heavy (non-hydrogen) atoms. The molecule has 0 fully saturated rings. The number of hydrogen-bond acceptors (Lipinski definition) is 3. The molecule has 0 amide bonds. The van der Waals surface area contributed by atoms with Gasteiger partial charge in [-0.25, -0.2) is 0 Å². The third kappa shape index (κ3) is 3.32. The molecule has 2 rings (SSSR count). The van der Waals surface area contributed by atoms with Crippen molar-refractivity contribution in [2.24, 2.45) is 0 Å². The topological polar surface area (TPSA) is 30.5 Å². The number of methoxy groups -OCH3 is 1. The minimum atomic E-state index is 0.225. The van der Waals surface area contributed by atoms with Crippen LogP contribution in [0, 0.1) is 0 Å². The second-order valence-electron chi connectivity index (χ2n) is 4.45. The maximum absolute atomic E-state index is 6.02. The first kappa shape index (κ1) is 14.9. The summed E-state index contributed by atoms with van der Waals surface area (Å²) in [6, 6.07) is 13.9. The van der Waals surface area contributed by atoms with Crippen LogP contribution in [-0.4, -0.2) is 14.2 Å². The Morgan fingerprint density at radius 1 is 1.10 bits per heavy atom. The molecule has 2 aromatic rings. The highest BCUT2D eigenvalue weighted by molar-refractivity contribution is 9.10. The first-order valence-electron chi connectivity index (χ1n) is 6.43. The van der Waals surface area contributed by atoms with Gasteiger partial charge < -0.3 is 14.8 Å². The molecule has 0 saturated heterocycles. The van der Waals surface area contributed by atoms with E-state index in [1.165, 1.54) is 0 Å². The van der Waals surface area contributed by atoms with Gasteiger partial charge in [-0.3, -0.25) is 0 Å². The van der Waals surface area contributed by atoms with Crippen LogP contribution in [0.2, 0.25) is 0 Å². The van der Waals surface area contributed by atoms with Crippen molar-refractivity contribution in [2.75, 3.05) is 14.2 Å². The van der Waals surface area contributed by atoms with Gasteiger partial charge in [0.15, 0.2) is 0 Å². The van der Waals surface area contributed by atoms with Gasteiger partial charge in [0.05, 0.1) is 11.6 Å². The second kappa shape index (κ2) is 6.77. The zero-order valence-electron chi connectivity index (χ0n) is 11.8. The maximum Gasteiger partial charge on any atom is 0.141 e. The van der Waals surface area contributed by atoms with Gasteiger partial charge in [0, 0.05) is 11.6 Å². The molecule has 4 heteroatoms. The number of benzene rings is 2. The van der Waals surface area contributed by atoms with E-state index in [2.05, 4.69) is 34.2 Å². The van der Waals surface area contributed by atoms with Gasteiger partial charge in [-0.1, -0.05) is 18.2 Å². The first-order valence-corrected chi connectivity index (χ1v) is 7.22. The van der Waals surface area contributed by atoms with Gasteiger partial charge in [-0.05, 0) is 54.2 Å². The Hall–Kier alpha value is -1.52.